The van der Waals surface area contributed by atoms with Crippen LogP contribution in [-0.2, 0) is 32.2 Å². The smallest absolute Gasteiger partial charge is 0.332 e. The van der Waals surface area contributed by atoms with Gasteiger partial charge in [0.1, 0.15) is 20.0 Å². The van der Waals surface area contributed by atoms with Gasteiger partial charge in [0.05, 0.1) is 6.61 Å². The van der Waals surface area contributed by atoms with Crippen molar-refractivity contribution < 1.29 is 19.0 Å². The molecule has 0 saturated heterocycles. The quantitative estimate of drug-likeness (QED) is 0.425. The van der Waals surface area contributed by atoms with E-state index < -0.39 is 5.97 Å². The predicted octanol–water partition coefficient (Wildman–Crippen LogP) is 2.92. The van der Waals surface area contributed by atoms with Crippen molar-refractivity contribution in [2.75, 3.05) is 13.4 Å². The summed E-state index contributed by atoms with van der Waals surface area (Å²) in [6.07, 6.45) is 0. The van der Waals surface area contributed by atoms with Gasteiger partial charge in [-0.2, -0.15) is 0 Å². The fourth-order valence-corrected chi connectivity index (χ4v) is 1.70. The minimum Gasteiger partial charge on any atom is -0.459 e. The van der Waals surface area contributed by atoms with Crippen molar-refractivity contribution in [3.8, 4) is 0 Å². The number of ether oxygens (including phenoxy) is 3. The molecular weight excluding hydrogens is 268 g/mol. The van der Waals surface area contributed by atoms with E-state index in [2.05, 4.69) is 0 Å². The molecule has 0 amide bonds. The third-order valence-electron chi connectivity index (χ3n) is 2.74. The van der Waals surface area contributed by atoms with Crippen LogP contribution in [0.3, 0.4) is 0 Å². The van der Waals surface area contributed by atoms with Gasteiger partial charge < -0.3 is 14.2 Å². The standard InChI is InChI=1S/C17H18O4/c18-17(21-12-16-9-5-2-6-10-16)13-20-14-19-11-15-7-3-1-4-8-15/h1-10H,11-14H2. The largest absolute Gasteiger partial charge is 0.459 e. The Kier molecular flexibility index (Phi) is 6.45. The van der Waals surface area contributed by atoms with Crippen molar-refractivity contribution in [3.05, 3.63) is 71.8 Å². The fourth-order valence-electron chi connectivity index (χ4n) is 1.70. The minimum atomic E-state index is -0.401. The Labute approximate surface area is 124 Å². The normalized spacial score (nSPS) is 10.3. The molecule has 0 aliphatic rings. The maximum atomic E-state index is 11.4. The maximum absolute atomic E-state index is 11.4. The van der Waals surface area contributed by atoms with E-state index in [-0.39, 0.29) is 20.0 Å². The van der Waals surface area contributed by atoms with Crippen LogP contribution in [0.1, 0.15) is 11.1 Å². The summed E-state index contributed by atoms with van der Waals surface area (Å²) in [7, 11) is 0. The number of rotatable bonds is 8. The van der Waals surface area contributed by atoms with Crippen molar-refractivity contribution in [3.63, 3.8) is 0 Å². The van der Waals surface area contributed by atoms with Crippen LogP contribution in [0.2, 0.25) is 0 Å². The summed E-state index contributed by atoms with van der Waals surface area (Å²) in [6, 6.07) is 19.3. The van der Waals surface area contributed by atoms with Crippen LogP contribution in [0.15, 0.2) is 60.7 Å². The van der Waals surface area contributed by atoms with Gasteiger partial charge in [0.15, 0.2) is 0 Å². The van der Waals surface area contributed by atoms with Crippen LogP contribution >= 0.6 is 0 Å². The molecule has 4 heteroatoms. The van der Waals surface area contributed by atoms with E-state index in [4.69, 9.17) is 14.2 Å². The van der Waals surface area contributed by atoms with E-state index in [1.165, 1.54) is 0 Å². The van der Waals surface area contributed by atoms with Crippen LogP contribution in [0, 0.1) is 0 Å². The zero-order valence-corrected chi connectivity index (χ0v) is 11.7. The van der Waals surface area contributed by atoms with Crippen LogP contribution in [-0.4, -0.2) is 19.4 Å². The van der Waals surface area contributed by atoms with Gasteiger partial charge >= 0.3 is 5.97 Å². The second kappa shape index (κ2) is 8.89. The van der Waals surface area contributed by atoms with Gasteiger partial charge in [-0.1, -0.05) is 60.7 Å². The average Bonchev–Trinajstić information content (AvgIpc) is 2.54. The van der Waals surface area contributed by atoms with Gasteiger partial charge in [-0.05, 0) is 11.1 Å². The molecule has 2 aromatic rings. The molecule has 110 valence electrons. The van der Waals surface area contributed by atoms with Gasteiger partial charge in [0.25, 0.3) is 0 Å². The first-order valence-corrected chi connectivity index (χ1v) is 6.73. The lowest BCUT2D eigenvalue weighted by Gasteiger charge is -2.07. The number of esters is 1. The Morgan fingerprint density at radius 3 is 1.95 bits per heavy atom. The highest BCUT2D eigenvalue weighted by atomic mass is 16.7. The molecule has 0 N–H and O–H groups in total. The minimum absolute atomic E-state index is 0.0648. The zero-order chi connectivity index (χ0) is 14.8. The summed E-state index contributed by atoms with van der Waals surface area (Å²) in [4.78, 5) is 11.4. The van der Waals surface area contributed by atoms with Crippen LogP contribution in [0.25, 0.3) is 0 Å². The molecule has 0 spiro atoms. The van der Waals surface area contributed by atoms with Gasteiger partial charge in [-0.15, -0.1) is 0 Å². The molecule has 4 nitrogen and oxygen atoms in total. The van der Waals surface area contributed by atoms with Crippen molar-refractivity contribution >= 4 is 5.97 Å². The predicted molar refractivity (Wildman–Crippen MR) is 78.3 cm³/mol. The highest BCUT2D eigenvalue weighted by molar-refractivity contribution is 5.70. The monoisotopic (exact) mass is 286 g/mol. The molecule has 0 unspecified atom stereocenters. The van der Waals surface area contributed by atoms with E-state index in [0.29, 0.717) is 6.61 Å². The molecule has 0 aliphatic heterocycles. The summed E-state index contributed by atoms with van der Waals surface area (Å²) in [6.45, 7) is 0.671. The molecule has 0 bridgehead atoms. The summed E-state index contributed by atoms with van der Waals surface area (Å²) < 4.78 is 15.5. The van der Waals surface area contributed by atoms with Gasteiger partial charge in [-0.3, -0.25) is 0 Å². The van der Waals surface area contributed by atoms with Gasteiger partial charge in [-0.25, -0.2) is 4.79 Å². The summed E-state index contributed by atoms with van der Waals surface area (Å²) in [5, 5.41) is 0. The molecule has 0 aromatic heterocycles. The first-order chi connectivity index (χ1) is 10.3. The third-order valence-corrected chi connectivity index (χ3v) is 2.74. The fraction of sp³-hybridized carbons (Fsp3) is 0.235. The molecule has 21 heavy (non-hydrogen) atoms. The Balaban J connectivity index is 1.53. The van der Waals surface area contributed by atoms with E-state index in [1.54, 1.807) is 0 Å². The molecular formula is C17H18O4. The Morgan fingerprint density at radius 2 is 1.33 bits per heavy atom. The van der Waals surface area contributed by atoms with Gasteiger partial charge in [0, 0.05) is 0 Å². The Morgan fingerprint density at radius 1 is 0.762 bits per heavy atom. The second-order valence-corrected chi connectivity index (χ2v) is 4.45. The van der Waals surface area contributed by atoms with Gasteiger partial charge in [0.2, 0.25) is 0 Å². The molecule has 0 heterocycles. The molecule has 0 aliphatic carbocycles. The SMILES string of the molecule is O=C(COCOCc1ccccc1)OCc1ccccc1. The van der Waals surface area contributed by atoms with Crippen LogP contribution in [0.4, 0.5) is 0 Å². The average molecular weight is 286 g/mol. The Bertz CT molecular complexity index is 525. The highest BCUT2D eigenvalue weighted by Gasteiger charge is 2.03. The lowest BCUT2D eigenvalue weighted by atomic mass is 10.2. The maximum Gasteiger partial charge on any atom is 0.332 e. The number of hydrogen-bond donors (Lipinski definition) is 0. The molecule has 2 rings (SSSR count). The van der Waals surface area contributed by atoms with Crippen molar-refractivity contribution in [2.45, 2.75) is 13.2 Å². The summed E-state index contributed by atoms with van der Waals surface area (Å²) >= 11 is 0. The molecule has 0 fully saturated rings. The molecule has 2 aromatic carbocycles. The first-order valence-electron chi connectivity index (χ1n) is 6.73. The molecule has 0 saturated carbocycles. The number of hydrogen-bond acceptors (Lipinski definition) is 4. The second-order valence-electron chi connectivity index (χ2n) is 4.45. The van der Waals surface area contributed by atoms with E-state index in [9.17, 15) is 4.79 Å². The first kappa shape index (κ1) is 15.2. The third kappa shape index (κ3) is 6.21. The molecule has 0 radical (unpaired) electrons. The number of carbonyl (C=O) groups is 1. The molecule has 0 atom stereocenters. The number of benzene rings is 2. The Hall–Kier alpha value is -2.17. The number of carbonyl (C=O) groups excluding carboxylic acids is 1. The zero-order valence-electron chi connectivity index (χ0n) is 11.7. The van der Waals surface area contributed by atoms with E-state index in [1.807, 2.05) is 60.7 Å². The highest BCUT2D eigenvalue weighted by Crippen LogP contribution is 2.02. The van der Waals surface area contributed by atoms with Crippen molar-refractivity contribution in [1.29, 1.82) is 0 Å². The van der Waals surface area contributed by atoms with E-state index >= 15 is 0 Å². The lowest BCUT2D eigenvalue weighted by molar-refractivity contribution is -0.156. The summed E-state index contributed by atoms with van der Waals surface area (Å²) in [5.74, 6) is -0.401. The lowest BCUT2D eigenvalue weighted by Crippen LogP contribution is -2.14. The van der Waals surface area contributed by atoms with E-state index in [0.717, 1.165) is 11.1 Å². The summed E-state index contributed by atoms with van der Waals surface area (Å²) in [5.41, 5.74) is 2.01. The van der Waals surface area contributed by atoms with Crippen molar-refractivity contribution in [1.82, 2.24) is 0 Å². The van der Waals surface area contributed by atoms with Crippen molar-refractivity contribution in [2.24, 2.45) is 0 Å². The van der Waals surface area contributed by atoms with Crippen LogP contribution in [0.5, 0.6) is 0 Å². The topological polar surface area (TPSA) is 44.8 Å². The van der Waals surface area contributed by atoms with Crippen LogP contribution < -0.4 is 0 Å².